The first-order valence-corrected chi connectivity index (χ1v) is 7.38. The van der Waals surface area contributed by atoms with Gasteiger partial charge in [-0.05, 0) is 47.0 Å². The Morgan fingerprint density at radius 2 is 2.05 bits per heavy atom. The third-order valence-electron chi connectivity index (χ3n) is 2.64. The number of halogens is 4. The highest BCUT2D eigenvalue weighted by Gasteiger charge is 2.31. The SMILES string of the molecule is CCCOCCCNC(=O)c1cc(C(F)(F)F)ccc1Br. The molecule has 0 aliphatic heterocycles. The molecule has 0 saturated carbocycles. The summed E-state index contributed by atoms with van der Waals surface area (Å²) in [6.45, 7) is 3.52. The molecule has 0 aliphatic carbocycles. The molecule has 0 radical (unpaired) electrons. The van der Waals surface area contributed by atoms with Crippen LogP contribution in [0.5, 0.6) is 0 Å². The second kappa shape index (κ2) is 8.38. The quantitative estimate of drug-likeness (QED) is 0.739. The molecule has 1 rings (SSSR count). The highest BCUT2D eigenvalue weighted by atomic mass is 79.9. The molecule has 0 unspecified atom stereocenters. The summed E-state index contributed by atoms with van der Waals surface area (Å²) < 4.78 is 43.5. The van der Waals surface area contributed by atoms with E-state index in [1.54, 1.807) is 0 Å². The number of hydrogen-bond acceptors (Lipinski definition) is 2. The normalized spacial score (nSPS) is 11.5. The van der Waals surface area contributed by atoms with Gasteiger partial charge in [0.25, 0.3) is 5.91 Å². The molecule has 1 amide bonds. The molecule has 0 bridgehead atoms. The molecular weight excluding hydrogens is 351 g/mol. The van der Waals surface area contributed by atoms with Crippen LogP contribution in [0.2, 0.25) is 0 Å². The smallest absolute Gasteiger partial charge is 0.381 e. The Labute approximate surface area is 130 Å². The third kappa shape index (κ3) is 6.05. The largest absolute Gasteiger partial charge is 0.416 e. The van der Waals surface area contributed by atoms with Gasteiger partial charge in [0.1, 0.15) is 0 Å². The number of alkyl halides is 3. The van der Waals surface area contributed by atoms with Crippen molar-refractivity contribution in [1.29, 1.82) is 0 Å². The number of hydrogen-bond donors (Lipinski definition) is 1. The van der Waals surface area contributed by atoms with Crippen molar-refractivity contribution < 1.29 is 22.7 Å². The van der Waals surface area contributed by atoms with Crippen molar-refractivity contribution in [2.24, 2.45) is 0 Å². The van der Waals surface area contributed by atoms with E-state index in [4.69, 9.17) is 4.74 Å². The van der Waals surface area contributed by atoms with E-state index in [0.717, 1.165) is 18.6 Å². The van der Waals surface area contributed by atoms with Gasteiger partial charge >= 0.3 is 6.18 Å². The number of amides is 1. The van der Waals surface area contributed by atoms with Gasteiger partial charge in [0.15, 0.2) is 0 Å². The second-order valence-corrected chi connectivity index (χ2v) is 5.27. The van der Waals surface area contributed by atoms with E-state index in [9.17, 15) is 18.0 Å². The van der Waals surface area contributed by atoms with Crippen LogP contribution in [-0.2, 0) is 10.9 Å². The zero-order valence-corrected chi connectivity index (χ0v) is 13.2. The van der Waals surface area contributed by atoms with E-state index >= 15 is 0 Å². The Morgan fingerprint density at radius 1 is 1.33 bits per heavy atom. The number of ether oxygens (including phenoxy) is 1. The van der Waals surface area contributed by atoms with E-state index in [1.165, 1.54) is 6.07 Å². The van der Waals surface area contributed by atoms with Gasteiger partial charge in [-0.1, -0.05) is 6.92 Å². The predicted octanol–water partition coefficient (Wildman–Crippen LogP) is 4.01. The molecule has 1 N–H and O–H groups in total. The molecule has 21 heavy (non-hydrogen) atoms. The van der Waals surface area contributed by atoms with Crippen LogP contribution in [0, 0.1) is 0 Å². The number of benzene rings is 1. The molecule has 0 spiro atoms. The molecule has 1 aromatic rings. The minimum absolute atomic E-state index is 0.0284. The van der Waals surface area contributed by atoms with Crippen molar-refractivity contribution in [3.05, 3.63) is 33.8 Å². The molecule has 0 aliphatic rings. The maximum Gasteiger partial charge on any atom is 0.416 e. The van der Waals surface area contributed by atoms with Gasteiger partial charge in [0.05, 0.1) is 11.1 Å². The first-order valence-electron chi connectivity index (χ1n) is 6.59. The van der Waals surface area contributed by atoms with Crippen LogP contribution >= 0.6 is 15.9 Å². The van der Waals surface area contributed by atoms with Crippen LogP contribution in [0.15, 0.2) is 22.7 Å². The lowest BCUT2D eigenvalue weighted by molar-refractivity contribution is -0.137. The van der Waals surface area contributed by atoms with Gasteiger partial charge < -0.3 is 10.1 Å². The van der Waals surface area contributed by atoms with Crippen molar-refractivity contribution >= 4 is 21.8 Å². The first-order chi connectivity index (χ1) is 9.86. The molecule has 0 heterocycles. The summed E-state index contributed by atoms with van der Waals surface area (Å²) in [5.41, 5.74) is -0.874. The lowest BCUT2D eigenvalue weighted by atomic mass is 10.1. The molecule has 0 saturated heterocycles. The summed E-state index contributed by atoms with van der Waals surface area (Å²) in [4.78, 5) is 11.9. The average molecular weight is 368 g/mol. The molecule has 0 atom stereocenters. The molecule has 3 nitrogen and oxygen atoms in total. The Kier molecular flexibility index (Phi) is 7.17. The van der Waals surface area contributed by atoms with Crippen molar-refractivity contribution in [1.82, 2.24) is 5.32 Å². The third-order valence-corrected chi connectivity index (χ3v) is 3.33. The zero-order chi connectivity index (χ0) is 15.9. The van der Waals surface area contributed by atoms with Gasteiger partial charge in [-0.3, -0.25) is 4.79 Å². The Balaban J connectivity index is 2.57. The van der Waals surface area contributed by atoms with E-state index in [-0.39, 0.29) is 5.56 Å². The van der Waals surface area contributed by atoms with Crippen molar-refractivity contribution in [3.63, 3.8) is 0 Å². The molecule has 0 fully saturated rings. The molecule has 7 heteroatoms. The van der Waals surface area contributed by atoms with E-state index in [0.29, 0.717) is 30.7 Å². The van der Waals surface area contributed by atoms with Crippen LogP contribution in [0.25, 0.3) is 0 Å². The lowest BCUT2D eigenvalue weighted by Crippen LogP contribution is -2.26. The number of carbonyl (C=O) groups excluding carboxylic acids is 1. The van der Waals surface area contributed by atoms with Crippen LogP contribution in [0.3, 0.4) is 0 Å². The minimum Gasteiger partial charge on any atom is -0.381 e. The minimum atomic E-state index is -4.47. The molecule has 118 valence electrons. The van der Waals surface area contributed by atoms with Crippen LogP contribution < -0.4 is 5.32 Å². The summed E-state index contributed by atoms with van der Waals surface area (Å²) in [6, 6.07) is 2.99. The number of carbonyl (C=O) groups is 1. The summed E-state index contributed by atoms with van der Waals surface area (Å²) in [5.74, 6) is -0.538. The van der Waals surface area contributed by atoms with Crippen molar-refractivity contribution in [2.75, 3.05) is 19.8 Å². The van der Waals surface area contributed by atoms with Crippen LogP contribution in [0.4, 0.5) is 13.2 Å². The standard InChI is InChI=1S/C14H17BrF3NO2/c1-2-7-21-8-3-6-19-13(20)11-9-10(14(16,17)18)4-5-12(11)15/h4-5,9H,2-3,6-8H2,1H3,(H,19,20). The predicted molar refractivity (Wildman–Crippen MR) is 77.2 cm³/mol. The maximum atomic E-state index is 12.6. The Bertz CT molecular complexity index is 478. The fraction of sp³-hybridized carbons (Fsp3) is 0.500. The zero-order valence-electron chi connectivity index (χ0n) is 11.6. The fourth-order valence-electron chi connectivity index (χ4n) is 1.59. The monoisotopic (exact) mass is 367 g/mol. The molecule has 0 aromatic heterocycles. The van der Waals surface area contributed by atoms with Gasteiger partial charge in [-0.2, -0.15) is 13.2 Å². The highest BCUT2D eigenvalue weighted by Crippen LogP contribution is 2.31. The van der Waals surface area contributed by atoms with Gasteiger partial charge in [0, 0.05) is 24.2 Å². The molecule has 1 aromatic carbocycles. The lowest BCUT2D eigenvalue weighted by Gasteiger charge is -2.11. The summed E-state index contributed by atoms with van der Waals surface area (Å²) in [5, 5.41) is 2.58. The van der Waals surface area contributed by atoms with Crippen molar-refractivity contribution in [2.45, 2.75) is 25.9 Å². The average Bonchev–Trinajstić information content (AvgIpc) is 2.41. The van der Waals surface area contributed by atoms with Gasteiger partial charge in [0.2, 0.25) is 0 Å². The second-order valence-electron chi connectivity index (χ2n) is 4.41. The van der Waals surface area contributed by atoms with Gasteiger partial charge in [-0.15, -0.1) is 0 Å². The highest BCUT2D eigenvalue weighted by molar-refractivity contribution is 9.10. The van der Waals surface area contributed by atoms with E-state index < -0.39 is 17.6 Å². The maximum absolute atomic E-state index is 12.6. The number of nitrogens with one attached hydrogen (secondary N) is 1. The van der Waals surface area contributed by atoms with Gasteiger partial charge in [-0.25, -0.2) is 0 Å². The van der Waals surface area contributed by atoms with E-state index in [1.807, 2.05) is 6.92 Å². The number of rotatable bonds is 7. The van der Waals surface area contributed by atoms with Crippen molar-refractivity contribution in [3.8, 4) is 0 Å². The Morgan fingerprint density at radius 3 is 2.67 bits per heavy atom. The summed E-state index contributed by atoms with van der Waals surface area (Å²) in [7, 11) is 0. The summed E-state index contributed by atoms with van der Waals surface area (Å²) >= 11 is 3.09. The van der Waals surface area contributed by atoms with E-state index in [2.05, 4.69) is 21.2 Å². The van der Waals surface area contributed by atoms with Crippen LogP contribution in [0.1, 0.15) is 35.7 Å². The molecular formula is C14H17BrF3NO2. The van der Waals surface area contributed by atoms with Crippen LogP contribution in [-0.4, -0.2) is 25.7 Å². The summed E-state index contributed by atoms with van der Waals surface area (Å²) in [6.07, 6.45) is -2.93. The Hall–Kier alpha value is -1.08. The first kappa shape index (κ1) is 18.0. The fourth-order valence-corrected chi connectivity index (χ4v) is 2.02. The topological polar surface area (TPSA) is 38.3 Å².